The van der Waals surface area contributed by atoms with Gasteiger partial charge in [0.15, 0.2) is 5.69 Å². The molecule has 0 saturated carbocycles. The fourth-order valence-corrected chi connectivity index (χ4v) is 1.69. The third kappa shape index (κ3) is 3.92. The fraction of sp³-hybridized carbons (Fsp3) is 0.267. The van der Waals surface area contributed by atoms with Gasteiger partial charge in [0.25, 0.3) is 5.91 Å². The molecule has 0 spiro atoms. The second-order valence-corrected chi connectivity index (χ2v) is 4.84. The van der Waals surface area contributed by atoms with E-state index < -0.39 is 0 Å². The molecule has 2 rings (SSSR count). The van der Waals surface area contributed by atoms with Crippen molar-refractivity contribution in [2.24, 2.45) is 5.10 Å². The number of H-pyrrole nitrogens is 1. The highest BCUT2D eigenvalue weighted by molar-refractivity contribution is 5.93. The van der Waals surface area contributed by atoms with E-state index >= 15 is 0 Å². The Balaban J connectivity index is 1.97. The molecule has 110 valence electrons. The summed E-state index contributed by atoms with van der Waals surface area (Å²) in [7, 11) is 1.60. The summed E-state index contributed by atoms with van der Waals surface area (Å²) in [6.45, 7) is 4.05. The van der Waals surface area contributed by atoms with Gasteiger partial charge in [-0.3, -0.25) is 9.89 Å². The van der Waals surface area contributed by atoms with E-state index in [4.69, 9.17) is 4.74 Å². The number of aromatic nitrogens is 2. The van der Waals surface area contributed by atoms with Gasteiger partial charge in [0.1, 0.15) is 5.75 Å². The van der Waals surface area contributed by atoms with Crippen molar-refractivity contribution < 1.29 is 9.53 Å². The monoisotopic (exact) mass is 286 g/mol. The number of amides is 1. The highest BCUT2D eigenvalue weighted by Crippen LogP contribution is 2.12. The second-order valence-electron chi connectivity index (χ2n) is 4.84. The van der Waals surface area contributed by atoms with Crippen LogP contribution in [0.5, 0.6) is 5.75 Å². The molecule has 0 saturated heterocycles. The molecule has 1 amide bonds. The van der Waals surface area contributed by atoms with Gasteiger partial charge in [0, 0.05) is 5.69 Å². The van der Waals surface area contributed by atoms with Gasteiger partial charge in [0.2, 0.25) is 0 Å². The van der Waals surface area contributed by atoms with Crippen LogP contribution in [0, 0.1) is 0 Å². The van der Waals surface area contributed by atoms with Crippen LogP contribution in [-0.4, -0.2) is 29.4 Å². The van der Waals surface area contributed by atoms with E-state index in [0.29, 0.717) is 11.6 Å². The minimum atomic E-state index is -0.350. The Hall–Kier alpha value is -2.63. The van der Waals surface area contributed by atoms with E-state index in [-0.39, 0.29) is 5.91 Å². The lowest BCUT2D eigenvalue weighted by Gasteiger charge is -2.00. The van der Waals surface area contributed by atoms with E-state index in [9.17, 15) is 4.79 Å². The standard InChI is InChI=1S/C15H18N4O2/c1-10(2)13-8-14(18-17-13)15(20)19-16-9-11-5-4-6-12(7-11)21-3/h4-10H,1-3H3,(H,17,18)(H,19,20). The lowest BCUT2D eigenvalue weighted by Crippen LogP contribution is -2.18. The third-order valence-electron chi connectivity index (χ3n) is 2.93. The number of aromatic amines is 1. The molecular weight excluding hydrogens is 268 g/mol. The van der Waals surface area contributed by atoms with Gasteiger partial charge in [-0.2, -0.15) is 10.2 Å². The molecule has 0 radical (unpaired) electrons. The van der Waals surface area contributed by atoms with Crippen molar-refractivity contribution in [2.75, 3.05) is 7.11 Å². The van der Waals surface area contributed by atoms with E-state index in [1.165, 1.54) is 0 Å². The maximum absolute atomic E-state index is 11.9. The summed E-state index contributed by atoms with van der Waals surface area (Å²) in [6.07, 6.45) is 1.55. The molecule has 21 heavy (non-hydrogen) atoms. The van der Waals surface area contributed by atoms with E-state index in [0.717, 1.165) is 17.0 Å². The van der Waals surface area contributed by atoms with Crippen LogP contribution in [0.15, 0.2) is 35.4 Å². The number of nitrogens with zero attached hydrogens (tertiary/aromatic N) is 2. The zero-order valence-electron chi connectivity index (χ0n) is 12.3. The Labute approximate surface area is 123 Å². The highest BCUT2D eigenvalue weighted by Gasteiger charge is 2.11. The molecule has 0 aliphatic rings. The number of methoxy groups -OCH3 is 1. The van der Waals surface area contributed by atoms with Crippen LogP contribution >= 0.6 is 0 Å². The number of rotatable bonds is 5. The molecule has 2 N–H and O–H groups in total. The average molecular weight is 286 g/mol. The van der Waals surface area contributed by atoms with Gasteiger partial charge in [0.05, 0.1) is 13.3 Å². The number of nitrogens with one attached hydrogen (secondary N) is 2. The van der Waals surface area contributed by atoms with E-state index in [2.05, 4.69) is 20.7 Å². The van der Waals surface area contributed by atoms with Gasteiger partial charge in [-0.1, -0.05) is 26.0 Å². The largest absolute Gasteiger partial charge is 0.497 e. The van der Waals surface area contributed by atoms with Crippen LogP contribution in [0.1, 0.15) is 41.5 Å². The quantitative estimate of drug-likeness (QED) is 0.654. The summed E-state index contributed by atoms with van der Waals surface area (Å²) in [5.74, 6) is 0.677. The first-order chi connectivity index (χ1) is 10.1. The number of carbonyl (C=O) groups excluding carboxylic acids is 1. The summed E-state index contributed by atoms with van der Waals surface area (Å²) >= 11 is 0. The fourth-order valence-electron chi connectivity index (χ4n) is 1.69. The Morgan fingerprint density at radius 1 is 1.43 bits per heavy atom. The molecular formula is C15H18N4O2. The van der Waals surface area contributed by atoms with Gasteiger partial charge in [-0.25, -0.2) is 5.43 Å². The SMILES string of the molecule is COc1cccc(C=NNC(=O)c2cc(C(C)C)[nH]n2)c1. The zero-order valence-corrected chi connectivity index (χ0v) is 12.3. The minimum Gasteiger partial charge on any atom is -0.497 e. The highest BCUT2D eigenvalue weighted by atomic mass is 16.5. The van der Waals surface area contributed by atoms with Crippen molar-refractivity contribution in [3.05, 3.63) is 47.3 Å². The Bertz CT molecular complexity index is 647. The smallest absolute Gasteiger partial charge is 0.291 e. The maximum Gasteiger partial charge on any atom is 0.291 e. The number of carbonyl (C=O) groups is 1. The first kappa shape index (κ1) is 14.8. The number of benzene rings is 1. The van der Waals surface area contributed by atoms with Crippen molar-refractivity contribution in [1.29, 1.82) is 0 Å². The third-order valence-corrected chi connectivity index (χ3v) is 2.93. The van der Waals surface area contributed by atoms with Crippen molar-refractivity contribution in [1.82, 2.24) is 15.6 Å². The molecule has 2 aromatic rings. The summed E-state index contributed by atoms with van der Waals surface area (Å²) in [4.78, 5) is 11.9. The summed E-state index contributed by atoms with van der Waals surface area (Å²) < 4.78 is 5.11. The number of hydrogen-bond acceptors (Lipinski definition) is 4. The molecule has 0 aliphatic carbocycles. The summed E-state index contributed by atoms with van der Waals surface area (Å²) in [5, 5.41) is 10.7. The van der Waals surface area contributed by atoms with Crippen molar-refractivity contribution in [2.45, 2.75) is 19.8 Å². The molecule has 1 heterocycles. The Kier molecular flexibility index (Phi) is 4.71. The van der Waals surface area contributed by atoms with Crippen LogP contribution in [0.3, 0.4) is 0 Å². The number of hydrogen-bond donors (Lipinski definition) is 2. The second kappa shape index (κ2) is 6.69. The first-order valence-corrected chi connectivity index (χ1v) is 6.63. The zero-order chi connectivity index (χ0) is 15.2. The molecule has 1 aromatic heterocycles. The maximum atomic E-state index is 11.9. The first-order valence-electron chi connectivity index (χ1n) is 6.63. The van der Waals surface area contributed by atoms with Gasteiger partial charge in [-0.05, 0) is 29.7 Å². The Morgan fingerprint density at radius 2 is 2.24 bits per heavy atom. The van der Waals surface area contributed by atoms with Gasteiger partial charge in [-0.15, -0.1) is 0 Å². The average Bonchev–Trinajstić information content (AvgIpc) is 2.97. The molecule has 0 unspecified atom stereocenters. The topological polar surface area (TPSA) is 79.4 Å². The van der Waals surface area contributed by atoms with Crippen LogP contribution in [-0.2, 0) is 0 Å². The molecule has 0 atom stereocenters. The minimum absolute atomic E-state index is 0.291. The summed E-state index contributed by atoms with van der Waals surface area (Å²) in [6, 6.07) is 9.10. The molecule has 6 nitrogen and oxygen atoms in total. The predicted molar refractivity (Wildman–Crippen MR) is 80.7 cm³/mol. The van der Waals surface area contributed by atoms with Crippen LogP contribution in [0.25, 0.3) is 0 Å². The predicted octanol–water partition coefficient (Wildman–Crippen LogP) is 2.31. The molecule has 0 bridgehead atoms. The number of ether oxygens (including phenoxy) is 1. The molecule has 0 aliphatic heterocycles. The van der Waals surface area contributed by atoms with Gasteiger partial charge >= 0.3 is 0 Å². The van der Waals surface area contributed by atoms with E-state index in [1.54, 1.807) is 19.4 Å². The van der Waals surface area contributed by atoms with Crippen molar-refractivity contribution in [3.63, 3.8) is 0 Å². The molecule has 1 aromatic carbocycles. The normalized spacial score (nSPS) is 11.0. The molecule has 0 fully saturated rings. The number of hydrazone groups is 1. The van der Waals surface area contributed by atoms with Crippen molar-refractivity contribution in [3.8, 4) is 5.75 Å². The van der Waals surface area contributed by atoms with Crippen LogP contribution in [0.2, 0.25) is 0 Å². The van der Waals surface area contributed by atoms with E-state index in [1.807, 2.05) is 38.1 Å². The molecule has 6 heteroatoms. The van der Waals surface area contributed by atoms with Crippen LogP contribution in [0.4, 0.5) is 0 Å². The van der Waals surface area contributed by atoms with Gasteiger partial charge < -0.3 is 4.74 Å². The summed E-state index contributed by atoms with van der Waals surface area (Å²) in [5.41, 5.74) is 4.51. The van der Waals surface area contributed by atoms with Crippen LogP contribution < -0.4 is 10.2 Å². The van der Waals surface area contributed by atoms with Crippen molar-refractivity contribution >= 4 is 12.1 Å². The Morgan fingerprint density at radius 3 is 2.90 bits per heavy atom. The lowest BCUT2D eigenvalue weighted by molar-refractivity contribution is 0.0950. The lowest BCUT2D eigenvalue weighted by atomic mass is 10.1.